The van der Waals surface area contributed by atoms with Gasteiger partial charge in [0.05, 0.1) is 29.8 Å². The first-order valence-electron chi connectivity index (χ1n) is 9.18. The molecule has 3 heterocycles. The van der Waals surface area contributed by atoms with Crippen LogP contribution in [0.15, 0.2) is 41.9 Å². The Balaban J connectivity index is 1.37. The van der Waals surface area contributed by atoms with Crippen molar-refractivity contribution in [2.75, 3.05) is 18.4 Å². The first kappa shape index (κ1) is 18.7. The van der Waals surface area contributed by atoms with Gasteiger partial charge in [-0.25, -0.2) is 4.98 Å². The highest BCUT2D eigenvalue weighted by molar-refractivity contribution is 7.13. The molecule has 1 aliphatic rings. The Morgan fingerprint density at radius 1 is 1.25 bits per heavy atom. The second-order valence-electron chi connectivity index (χ2n) is 6.90. The zero-order valence-electron chi connectivity index (χ0n) is 15.8. The summed E-state index contributed by atoms with van der Waals surface area (Å²) in [6.07, 6.45) is 1.88. The van der Waals surface area contributed by atoms with Crippen molar-refractivity contribution in [3.63, 3.8) is 0 Å². The minimum atomic E-state index is -0.323. The maximum atomic E-state index is 12.5. The van der Waals surface area contributed by atoms with Gasteiger partial charge in [-0.2, -0.15) is 9.90 Å². The highest BCUT2D eigenvalue weighted by atomic mass is 32.1. The number of aromatic nitrogens is 4. The minimum absolute atomic E-state index is 0.216. The molecule has 2 aromatic heterocycles. The molecule has 0 bridgehead atoms. The number of para-hydroxylation sites is 1. The van der Waals surface area contributed by atoms with Gasteiger partial charge in [-0.1, -0.05) is 18.2 Å². The SMILES string of the molecule is CC1CN(Cc2csc(NC(=O)c3cnn(-c4ccccc4)n3)n2)CC(C)O1. The van der Waals surface area contributed by atoms with E-state index in [2.05, 4.69) is 39.2 Å². The molecule has 0 saturated carbocycles. The second-order valence-corrected chi connectivity index (χ2v) is 7.76. The maximum Gasteiger partial charge on any atom is 0.279 e. The van der Waals surface area contributed by atoms with Crippen LogP contribution in [-0.4, -0.2) is 56.1 Å². The molecule has 146 valence electrons. The lowest BCUT2D eigenvalue weighted by Crippen LogP contribution is -2.44. The molecule has 28 heavy (non-hydrogen) atoms. The number of hydrogen-bond acceptors (Lipinski definition) is 7. The summed E-state index contributed by atoms with van der Waals surface area (Å²) < 4.78 is 5.76. The molecular formula is C19H22N6O2S. The Bertz CT molecular complexity index is 931. The quantitative estimate of drug-likeness (QED) is 0.711. The van der Waals surface area contributed by atoms with Crippen LogP contribution in [0.2, 0.25) is 0 Å². The van der Waals surface area contributed by atoms with Gasteiger partial charge >= 0.3 is 0 Å². The van der Waals surface area contributed by atoms with Crippen molar-refractivity contribution >= 4 is 22.4 Å². The number of ether oxygens (including phenoxy) is 1. The van der Waals surface area contributed by atoms with Crippen LogP contribution in [0.4, 0.5) is 5.13 Å². The van der Waals surface area contributed by atoms with Crippen LogP contribution >= 0.6 is 11.3 Å². The van der Waals surface area contributed by atoms with Gasteiger partial charge in [0, 0.05) is 25.0 Å². The van der Waals surface area contributed by atoms with Crippen molar-refractivity contribution in [3.05, 3.63) is 53.3 Å². The minimum Gasteiger partial charge on any atom is -0.373 e. The Morgan fingerprint density at radius 2 is 2.00 bits per heavy atom. The van der Waals surface area contributed by atoms with E-state index in [1.54, 1.807) is 0 Å². The van der Waals surface area contributed by atoms with E-state index in [0.717, 1.165) is 31.0 Å². The number of anilines is 1. The van der Waals surface area contributed by atoms with Gasteiger partial charge in [0.15, 0.2) is 10.8 Å². The predicted octanol–water partition coefficient (Wildman–Crippen LogP) is 2.59. The zero-order chi connectivity index (χ0) is 19.5. The lowest BCUT2D eigenvalue weighted by Gasteiger charge is -2.34. The summed E-state index contributed by atoms with van der Waals surface area (Å²) in [6, 6.07) is 9.46. The van der Waals surface area contributed by atoms with Crippen molar-refractivity contribution < 1.29 is 9.53 Å². The van der Waals surface area contributed by atoms with Gasteiger partial charge in [0.25, 0.3) is 5.91 Å². The van der Waals surface area contributed by atoms with Gasteiger partial charge in [-0.3, -0.25) is 15.0 Å². The largest absolute Gasteiger partial charge is 0.373 e. The highest BCUT2D eigenvalue weighted by Crippen LogP contribution is 2.19. The maximum absolute atomic E-state index is 12.5. The molecular weight excluding hydrogens is 376 g/mol. The van der Waals surface area contributed by atoms with Crippen LogP contribution < -0.4 is 5.32 Å². The first-order valence-corrected chi connectivity index (χ1v) is 10.1. The lowest BCUT2D eigenvalue weighted by atomic mass is 10.2. The third-order valence-corrected chi connectivity index (χ3v) is 5.17. The van der Waals surface area contributed by atoms with Gasteiger partial charge in [-0.05, 0) is 26.0 Å². The van der Waals surface area contributed by atoms with E-state index in [1.165, 1.54) is 22.3 Å². The fourth-order valence-electron chi connectivity index (χ4n) is 3.29. The molecule has 0 spiro atoms. The molecule has 8 nitrogen and oxygen atoms in total. The molecule has 1 fully saturated rings. The van der Waals surface area contributed by atoms with E-state index >= 15 is 0 Å². The van der Waals surface area contributed by atoms with Gasteiger partial charge < -0.3 is 4.74 Å². The molecule has 3 aromatic rings. The van der Waals surface area contributed by atoms with Crippen LogP contribution in [0.1, 0.15) is 30.0 Å². The lowest BCUT2D eigenvalue weighted by molar-refractivity contribution is -0.0707. The molecule has 1 aromatic carbocycles. The number of benzene rings is 1. The monoisotopic (exact) mass is 398 g/mol. The molecule has 2 atom stereocenters. The van der Waals surface area contributed by atoms with Gasteiger partial charge in [0.1, 0.15) is 0 Å². The van der Waals surface area contributed by atoms with Crippen molar-refractivity contribution in [1.82, 2.24) is 24.9 Å². The molecule has 2 unspecified atom stereocenters. The number of thiazole rings is 1. The molecule has 1 N–H and O–H groups in total. The molecule has 1 amide bonds. The Kier molecular flexibility index (Phi) is 5.47. The summed E-state index contributed by atoms with van der Waals surface area (Å²) in [5, 5.41) is 13.7. The van der Waals surface area contributed by atoms with E-state index in [0.29, 0.717) is 5.13 Å². The van der Waals surface area contributed by atoms with Crippen LogP contribution in [0.3, 0.4) is 0 Å². The van der Waals surface area contributed by atoms with Crippen LogP contribution in [0.25, 0.3) is 5.69 Å². The smallest absolute Gasteiger partial charge is 0.279 e. The fraction of sp³-hybridized carbons (Fsp3) is 0.368. The average Bonchev–Trinajstić information content (AvgIpc) is 3.31. The molecule has 4 rings (SSSR count). The van der Waals surface area contributed by atoms with Crippen LogP contribution in [0, 0.1) is 0 Å². The Hall–Kier alpha value is -2.62. The number of carbonyl (C=O) groups excluding carboxylic acids is 1. The third kappa shape index (κ3) is 4.44. The number of rotatable bonds is 5. The topological polar surface area (TPSA) is 85.2 Å². The Morgan fingerprint density at radius 3 is 2.75 bits per heavy atom. The number of morpholine rings is 1. The summed E-state index contributed by atoms with van der Waals surface area (Å²) in [6.45, 7) is 6.67. The van der Waals surface area contributed by atoms with E-state index in [1.807, 2.05) is 35.7 Å². The van der Waals surface area contributed by atoms with Crippen molar-refractivity contribution in [3.8, 4) is 5.69 Å². The molecule has 0 radical (unpaired) electrons. The van der Waals surface area contributed by atoms with Gasteiger partial charge in [0.2, 0.25) is 0 Å². The van der Waals surface area contributed by atoms with Crippen molar-refractivity contribution in [1.29, 1.82) is 0 Å². The standard InChI is InChI=1S/C19H22N6O2S/c1-13-9-24(10-14(2)27-13)11-15-12-28-19(21-15)22-18(26)17-8-20-25(23-17)16-6-4-3-5-7-16/h3-8,12-14H,9-11H2,1-2H3,(H,21,22,26). The summed E-state index contributed by atoms with van der Waals surface area (Å²) in [5.41, 5.74) is 1.98. The predicted molar refractivity (Wildman–Crippen MR) is 107 cm³/mol. The Labute approximate surface area is 167 Å². The number of carbonyl (C=O) groups is 1. The summed E-state index contributed by atoms with van der Waals surface area (Å²) >= 11 is 1.41. The van der Waals surface area contributed by atoms with Crippen molar-refractivity contribution in [2.45, 2.75) is 32.6 Å². The number of nitrogens with one attached hydrogen (secondary N) is 1. The normalized spacial score (nSPS) is 20.2. The van der Waals surface area contributed by atoms with E-state index in [4.69, 9.17) is 4.74 Å². The van der Waals surface area contributed by atoms with Gasteiger partial charge in [-0.15, -0.1) is 16.4 Å². The van der Waals surface area contributed by atoms with Crippen LogP contribution in [0.5, 0.6) is 0 Å². The van der Waals surface area contributed by atoms with E-state index < -0.39 is 0 Å². The number of amides is 1. The highest BCUT2D eigenvalue weighted by Gasteiger charge is 2.23. The van der Waals surface area contributed by atoms with Crippen molar-refractivity contribution in [2.24, 2.45) is 0 Å². The molecule has 9 heteroatoms. The number of hydrogen-bond donors (Lipinski definition) is 1. The van der Waals surface area contributed by atoms with Crippen LogP contribution in [-0.2, 0) is 11.3 Å². The zero-order valence-corrected chi connectivity index (χ0v) is 16.6. The average molecular weight is 398 g/mol. The summed E-state index contributed by atoms with van der Waals surface area (Å²) in [7, 11) is 0. The summed E-state index contributed by atoms with van der Waals surface area (Å²) in [4.78, 5) is 20.7. The second kappa shape index (κ2) is 8.17. The molecule has 1 aliphatic heterocycles. The third-order valence-electron chi connectivity index (χ3n) is 4.36. The first-order chi connectivity index (χ1) is 13.6. The molecule has 1 saturated heterocycles. The molecule has 0 aliphatic carbocycles. The number of nitrogens with zero attached hydrogens (tertiary/aromatic N) is 5. The van der Waals surface area contributed by atoms with E-state index in [9.17, 15) is 4.79 Å². The summed E-state index contributed by atoms with van der Waals surface area (Å²) in [5.74, 6) is -0.323. The fourth-order valence-corrected chi connectivity index (χ4v) is 3.99. The van der Waals surface area contributed by atoms with E-state index in [-0.39, 0.29) is 23.8 Å².